The van der Waals surface area contributed by atoms with Crippen molar-refractivity contribution < 1.29 is 13.9 Å². The molecule has 21 heavy (non-hydrogen) atoms. The Morgan fingerprint density at radius 3 is 2.90 bits per heavy atom. The lowest BCUT2D eigenvalue weighted by Gasteiger charge is -1.99. The zero-order valence-corrected chi connectivity index (χ0v) is 12.9. The van der Waals surface area contributed by atoms with Crippen molar-refractivity contribution in [2.45, 2.75) is 6.92 Å². The van der Waals surface area contributed by atoms with Crippen LogP contribution in [-0.4, -0.2) is 12.6 Å². The molecule has 0 unspecified atom stereocenters. The fourth-order valence-corrected chi connectivity index (χ4v) is 2.11. The molecule has 0 aliphatic carbocycles. The minimum atomic E-state index is -0.652. The van der Waals surface area contributed by atoms with Crippen molar-refractivity contribution in [3.63, 3.8) is 0 Å². The van der Waals surface area contributed by atoms with E-state index in [2.05, 4.69) is 15.9 Å². The van der Waals surface area contributed by atoms with E-state index in [1.165, 1.54) is 6.08 Å². The van der Waals surface area contributed by atoms with Gasteiger partial charge in [-0.2, -0.15) is 5.26 Å². The lowest BCUT2D eigenvalue weighted by molar-refractivity contribution is -0.137. The summed E-state index contributed by atoms with van der Waals surface area (Å²) in [5, 5.41) is 8.98. The minimum Gasteiger partial charge on any atom is -0.462 e. The van der Waals surface area contributed by atoms with E-state index in [0.717, 1.165) is 10.0 Å². The maximum absolute atomic E-state index is 11.5. The van der Waals surface area contributed by atoms with Gasteiger partial charge in [-0.3, -0.25) is 0 Å². The summed E-state index contributed by atoms with van der Waals surface area (Å²) in [6, 6.07) is 12.9. The molecule has 0 aliphatic rings. The van der Waals surface area contributed by atoms with Gasteiger partial charge in [0.25, 0.3) is 0 Å². The van der Waals surface area contributed by atoms with Crippen LogP contribution < -0.4 is 0 Å². The van der Waals surface area contributed by atoms with Crippen molar-refractivity contribution in [1.29, 1.82) is 5.26 Å². The summed E-state index contributed by atoms with van der Waals surface area (Å²) in [5.74, 6) is 0.429. The number of halogens is 1. The molecule has 0 fully saturated rings. The lowest BCUT2D eigenvalue weighted by Crippen LogP contribution is -2.05. The van der Waals surface area contributed by atoms with E-state index in [0.29, 0.717) is 11.5 Å². The van der Waals surface area contributed by atoms with Crippen LogP contribution in [0.25, 0.3) is 17.4 Å². The topological polar surface area (TPSA) is 63.2 Å². The second-order valence-electron chi connectivity index (χ2n) is 4.10. The SMILES string of the molecule is CCOC(=O)C(C#N)=Cc1ccc(-c2cccc(Br)c2)o1. The van der Waals surface area contributed by atoms with Crippen molar-refractivity contribution in [3.05, 3.63) is 52.2 Å². The summed E-state index contributed by atoms with van der Waals surface area (Å²) >= 11 is 3.40. The highest BCUT2D eigenvalue weighted by atomic mass is 79.9. The average Bonchev–Trinajstić information content (AvgIpc) is 2.93. The Kier molecular flexibility index (Phi) is 4.96. The van der Waals surface area contributed by atoms with Crippen LogP contribution in [0.4, 0.5) is 0 Å². The first-order valence-corrected chi connectivity index (χ1v) is 7.08. The van der Waals surface area contributed by atoms with Gasteiger partial charge >= 0.3 is 5.97 Å². The molecule has 0 saturated heterocycles. The van der Waals surface area contributed by atoms with Crippen molar-refractivity contribution >= 4 is 28.0 Å². The predicted molar refractivity (Wildman–Crippen MR) is 82.1 cm³/mol. The quantitative estimate of drug-likeness (QED) is 0.473. The second-order valence-corrected chi connectivity index (χ2v) is 5.02. The molecule has 5 heteroatoms. The van der Waals surface area contributed by atoms with E-state index in [1.807, 2.05) is 30.3 Å². The number of furan rings is 1. The number of hydrogen-bond acceptors (Lipinski definition) is 4. The molecule has 0 atom stereocenters. The molecule has 0 saturated carbocycles. The number of carbonyl (C=O) groups excluding carboxylic acids is 1. The van der Waals surface area contributed by atoms with Crippen molar-refractivity contribution in [1.82, 2.24) is 0 Å². The number of nitriles is 1. The number of carbonyl (C=O) groups is 1. The van der Waals surface area contributed by atoms with E-state index in [4.69, 9.17) is 14.4 Å². The van der Waals surface area contributed by atoms with Gasteiger partial charge in [0.2, 0.25) is 0 Å². The van der Waals surface area contributed by atoms with Gasteiger partial charge in [-0.25, -0.2) is 4.79 Å². The normalized spacial score (nSPS) is 11.0. The van der Waals surface area contributed by atoms with E-state index in [1.54, 1.807) is 19.1 Å². The number of benzene rings is 1. The van der Waals surface area contributed by atoms with Crippen LogP contribution in [-0.2, 0) is 9.53 Å². The Labute approximate surface area is 130 Å². The van der Waals surface area contributed by atoms with E-state index >= 15 is 0 Å². The molecule has 0 radical (unpaired) electrons. The lowest BCUT2D eigenvalue weighted by atomic mass is 10.2. The molecule has 0 amide bonds. The summed E-state index contributed by atoms with van der Waals surface area (Å²) in [7, 11) is 0. The molecule has 2 rings (SSSR count). The van der Waals surface area contributed by atoms with Crippen LogP contribution >= 0.6 is 15.9 Å². The molecule has 0 bridgehead atoms. The minimum absolute atomic E-state index is 0.0907. The summed E-state index contributed by atoms with van der Waals surface area (Å²) in [4.78, 5) is 11.5. The van der Waals surface area contributed by atoms with Crippen molar-refractivity contribution in [2.75, 3.05) is 6.61 Å². The number of rotatable bonds is 4. The summed E-state index contributed by atoms with van der Waals surface area (Å²) in [5.41, 5.74) is 0.811. The Bertz CT molecular complexity index is 725. The highest BCUT2D eigenvalue weighted by Crippen LogP contribution is 2.25. The van der Waals surface area contributed by atoms with Crippen LogP contribution in [0.5, 0.6) is 0 Å². The van der Waals surface area contributed by atoms with Crippen LogP contribution in [0.1, 0.15) is 12.7 Å². The van der Waals surface area contributed by atoms with Crippen LogP contribution in [0.3, 0.4) is 0 Å². The number of nitrogens with zero attached hydrogens (tertiary/aromatic N) is 1. The molecular weight excluding hydrogens is 334 g/mol. The second kappa shape index (κ2) is 6.91. The zero-order valence-electron chi connectivity index (χ0n) is 11.3. The molecule has 2 aromatic rings. The summed E-state index contributed by atoms with van der Waals surface area (Å²) in [6.07, 6.45) is 1.37. The first-order valence-electron chi connectivity index (χ1n) is 6.28. The van der Waals surface area contributed by atoms with Gasteiger partial charge in [0.1, 0.15) is 23.2 Å². The van der Waals surface area contributed by atoms with Gasteiger partial charge in [-0.15, -0.1) is 0 Å². The maximum atomic E-state index is 11.5. The van der Waals surface area contributed by atoms with E-state index in [9.17, 15) is 4.79 Å². The fourth-order valence-electron chi connectivity index (χ4n) is 1.72. The Hall–Kier alpha value is -2.32. The van der Waals surface area contributed by atoms with Crippen molar-refractivity contribution in [2.24, 2.45) is 0 Å². The molecule has 0 spiro atoms. The molecule has 1 heterocycles. The van der Waals surface area contributed by atoms with Crippen LogP contribution in [0.15, 0.2) is 50.9 Å². The van der Waals surface area contributed by atoms with Crippen molar-refractivity contribution in [3.8, 4) is 17.4 Å². The molecule has 0 N–H and O–H groups in total. The predicted octanol–water partition coefficient (Wildman–Crippen LogP) is 4.18. The smallest absolute Gasteiger partial charge is 0.349 e. The molecule has 1 aromatic carbocycles. The monoisotopic (exact) mass is 345 g/mol. The Morgan fingerprint density at radius 2 is 2.24 bits per heavy atom. The van der Waals surface area contributed by atoms with Gasteiger partial charge in [0, 0.05) is 16.1 Å². The first kappa shape index (κ1) is 15.1. The third kappa shape index (κ3) is 3.83. The molecular formula is C16H12BrNO3. The van der Waals surface area contributed by atoms with Crippen LogP contribution in [0, 0.1) is 11.3 Å². The Balaban J connectivity index is 2.28. The standard InChI is InChI=1S/C16H12BrNO3/c1-2-20-16(19)12(10-18)9-14-6-7-15(21-14)11-4-3-5-13(17)8-11/h3-9H,2H2,1H3. The fraction of sp³-hybridized carbons (Fsp3) is 0.125. The van der Waals surface area contributed by atoms with Gasteiger partial charge in [0.05, 0.1) is 6.61 Å². The van der Waals surface area contributed by atoms with Crippen LogP contribution in [0.2, 0.25) is 0 Å². The Morgan fingerprint density at radius 1 is 1.43 bits per heavy atom. The number of hydrogen-bond donors (Lipinski definition) is 0. The van der Waals surface area contributed by atoms with Gasteiger partial charge in [-0.05, 0) is 31.2 Å². The highest BCUT2D eigenvalue weighted by Gasteiger charge is 2.11. The largest absolute Gasteiger partial charge is 0.462 e. The third-order valence-corrected chi connectivity index (χ3v) is 3.13. The first-order chi connectivity index (χ1) is 10.1. The number of esters is 1. The molecule has 4 nitrogen and oxygen atoms in total. The van der Waals surface area contributed by atoms with Gasteiger partial charge in [0.15, 0.2) is 0 Å². The number of ether oxygens (including phenoxy) is 1. The summed E-state index contributed by atoms with van der Waals surface area (Å²) < 4.78 is 11.4. The van der Waals surface area contributed by atoms with E-state index < -0.39 is 5.97 Å². The molecule has 0 aliphatic heterocycles. The average molecular weight is 346 g/mol. The third-order valence-electron chi connectivity index (χ3n) is 2.64. The molecule has 106 valence electrons. The van der Waals surface area contributed by atoms with E-state index in [-0.39, 0.29) is 12.2 Å². The van der Waals surface area contributed by atoms with Gasteiger partial charge in [-0.1, -0.05) is 28.1 Å². The highest BCUT2D eigenvalue weighted by molar-refractivity contribution is 9.10. The molecule has 1 aromatic heterocycles. The van der Waals surface area contributed by atoms with Gasteiger partial charge < -0.3 is 9.15 Å². The zero-order chi connectivity index (χ0) is 15.2. The maximum Gasteiger partial charge on any atom is 0.349 e. The summed E-state index contributed by atoms with van der Waals surface area (Å²) in [6.45, 7) is 1.91.